The Morgan fingerprint density at radius 1 is 1.14 bits per heavy atom. The summed E-state index contributed by atoms with van der Waals surface area (Å²) in [6.07, 6.45) is 2.80. The molecule has 0 fully saturated rings. The van der Waals surface area contributed by atoms with Crippen LogP contribution >= 0.6 is 0 Å². The molecule has 36 heavy (non-hydrogen) atoms. The molecule has 2 aromatic heterocycles. The Hall–Kier alpha value is -4.74. The number of hydrogen-bond donors (Lipinski definition) is 1. The quantitative estimate of drug-likeness (QED) is 0.248. The number of carbonyl (C=O) groups excluding carboxylic acids is 1. The highest BCUT2D eigenvalue weighted by atomic mass is 16.6. The van der Waals surface area contributed by atoms with Crippen LogP contribution in [0, 0.1) is 10.1 Å². The van der Waals surface area contributed by atoms with Crippen LogP contribution < -0.4 is 20.3 Å². The standard InChI is InChI=1S/C24H24N6O6/c1-2-35-19-6-8-20(9-7-19)36-15-22(31)25-10-11-29-23-21(13-27-29)24(32)28(16-26-23)14-17-4-3-5-18(12-17)30(33)34/h3-9,12-13,16H,2,10-11,14-15H2,1H3,(H,25,31). The third-order valence-corrected chi connectivity index (χ3v) is 5.25. The van der Waals surface area contributed by atoms with Gasteiger partial charge in [-0.25, -0.2) is 9.67 Å². The number of ether oxygens (including phenoxy) is 2. The first-order valence-corrected chi connectivity index (χ1v) is 11.2. The van der Waals surface area contributed by atoms with Gasteiger partial charge in [-0.15, -0.1) is 0 Å². The molecule has 1 N–H and O–H groups in total. The van der Waals surface area contributed by atoms with E-state index in [9.17, 15) is 19.7 Å². The number of fused-ring (bicyclic) bond motifs is 1. The number of carbonyl (C=O) groups is 1. The Labute approximate surface area is 205 Å². The number of non-ortho nitro benzene ring substituents is 1. The molecule has 2 aromatic carbocycles. The van der Waals surface area contributed by atoms with Gasteiger partial charge in [-0.1, -0.05) is 12.1 Å². The van der Waals surface area contributed by atoms with Crippen LogP contribution in [0.2, 0.25) is 0 Å². The summed E-state index contributed by atoms with van der Waals surface area (Å²) in [7, 11) is 0. The second-order valence-electron chi connectivity index (χ2n) is 7.75. The molecule has 1 amide bonds. The molecule has 0 aliphatic heterocycles. The van der Waals surface area contributed by atoms with Crippen molar-refractivity contribution in [3.8, 4) is 11.5 Å². The van der Waals surface area contributed by atoms with E-state index in [1.807, 2.05) is 6.92 Å². The van der Waals surface area contributed by atoms with Crippen LogP contribution in [-0.4, -0.2) is 49.9 Å². The average Bonchev–Trinajstić information content (AvgIpc) is 3.29. The summed E-state index contributed by atoms with van der Waals surface area (Å²) < 4.78 is 13.7. The highest BCUT2D eigenvalue weighted by Gasteiger charge is 2.12. The summed E-state index contributed by atoms with van der Waals surface area (Å²) in [6.45, 7) is 3.03. The van der Waals surface area contributed by atoms with Crippen LogP contribution in [0.5, 0.6) is 11.5 Å². The van der Waals surface area contributed by atoms with Crippen molar-refractivity contribution in [3.63, 3.8) is 0 Å². The van der Waals surface area contributed by atoms with Crippen molar-refractivity contribution in [3.05, 3.63) is 87.1 Å². The number of nitro benzene ring substituents is 1. The number of aromatic nitrogens is 4. The third-order valence-electron chi connectivity index (χ3n) is 5.25. The molecule has 2 heterocycles. The summed E-state index contributed by atoms with van der Waals surface area (Å²) >= 11 is 0. The van der Waals surface area contributed by atoms with Crippen LogP contribution in [0.15, 0.2) is 65.8 Å². The maximum Gasteiger partial charge on any atom is 0.269 e. The van der Waals surface area contributed by atoms with Crippen LogP contribution in [0.4, 0.5) is 5.69 Å². The van der Waals surface area contributed by atoms with Gasteiger partial charge in [-0.3, -0.25) is 24.3 Å². The van der Waals surface area contributed by atoms with Gasteiger partial charge < -0.3 is 14.8 Å². The SMILES string of the molecule is CCOc1ccc(OCC(=O)NCCn2ncc3c(=O)n(Cc4cccc([N+](=O)[O-])c4)cnc32)cc1. The van der Waals surface area contributed by atoms with Gasteiger partial charge in [0.05, 0.1) is 30.8 Å². The molecule has 12 heteroatoms. The first-order chi connectivity index (χ1) is 17.4. The highest BCUT2D eigenvalue weighted by Crippen LogP contribution is 2.17. The first-order valence-electron chi connectivity index (χ1n) is 11.2. The number of nitro groups is 1. The molecule has 0 saturated heterocycles. The van der Waals surface area contributed by atoms with Gasteiger partial charge in [0.1, 0.15) is 23.2 Å². The lowest BCUT2D eigenvalue weighted by molar-refractivity contribution is -0.384. The van der Waals surface area contributed by atoms with Crippen LogP contribution in [0.1, 0.15) is 12.5 Å². The molecule has 4 rings (SSSR count). The van der Waals surface area contributed by atoms with E-state index in [4.69, 9.17) is 9.47 Å². The summed E-state index contributed by atoms with van der Waals surface area (Å²) in [5.41, 5.74) is 0.630. The maximum absolute atomic E-state index is 12.9. The number of benzene rings is 2. The fraction of sp³-hybridized carbons (Fsp3) is 0.250. The smallest absolute Gasteiger partial charge is 0.269 e. The van der Waals surface area contributed by atoms with Crippen molar-refractivity contribution >= 4 is 22.6 Å². The topological polar surface area (TPSA) is 143 Å². The van der Waals surface area contributed by atoms with Gasteiger partial charge >= 0.3 is 0 Å². The molecule has 0 radical (unpaired) electrons. The Morgan fingerprint density at radius 3 is 2.61 bits per heavy atom. The molecule has 186 valence electrons. The van der Waals surface area contributed by atoms with Crippen LogP contribution in [-0.2, 0) is 17.9 Å². The lowest BCUT2D eigenvalue weighted by Crippen LogP contribution is -2.31. The van der Waals surface area contributed by atoms with Gasteiger partial charge in [-0.2, -0.15) is 5.10 Å². The minimum Gasteiger partial charge on any atom is -0.494 e. The number of nitrogens with one attached hydrogen (secondary N) is 1. The molecule has 0 unspecified atom stereocenters. The number of nitrogens with zero attached hydrogens (tertiary/aromatic N) is 5. The van der Waals surface area contributed by atoms with Crippen LogP contribution in [0.25, 0.3) is 11.0 Å². The van der Waals surface area contributed by atoms with E-state index in [1.54, 1.807) is 36.4 Å². The van der Waals surface area contributed by atoms with Crippen LogP contribution in [0.3, 0.4) is 0 Å². The maximum atomic E-state index is 12.9. The molecule has 0 aliphatic carbocycles. The zero-order chi connectivity index (χ0) is 25.5. The highest BCUT2D eigenvalue weighted by molar-refractivity contribution is 5.77. The minimum atomic E-state index is -0.483. The molecule has 0 bridgehead atoms. The Balaban J connectivity index is 1.32. The lowest BCUT2D eigenvalue weighted by Gasteiger charge is -2.09. The van der Waals surface area contributed by atoms with Crippen molar-refractivity contribution in [1.82, 2.24) is 24.6 Å². The zero-order valence-electron chi connectivity index (χ0n) is 19.5. The molecular weight excluding hydrogens is 468 g/mol. The van der Waals surface area contributed by atoms with Crippen molar-refractivity contribution in [2.75, 3.05) is 19.8 Å². The van der Waals surface area contributed by atoms with E-state index in [0.29, 0.717) is 35.5 Å². The largest absolute Gasteiger partial charge is 0.494 e. The molecule has 0 atom stereocenters. The van der Waals surface area contributed by atoms with Gasteiger partial charge in [0.25, 0.3) is 17.2 Å². The van der Waals surface area contributed by atoms with Crippen molar-refractivity contribution < 1.29 is 19.2 Å². The van der Waals surface area contributed by atoms with Crippen molar-refractivity contribution in [2.45, 2.75) is 20.0 Å². The Bertz CT molecular complexity index is 1430. The molecule has 0 aliphatic rings. The number of hydrogen-bond acceptors (Lipinski definition) is 8. The van der Waals surface area contributed by atoms with Gasteiger partial charge in [0.15, 0.2) is 12.3 Å². The first kappa shape index (κ1) is 24.4. The number of amides is 1. The molecule has 12 nitrogen and oxygen atoms in total. The van der Waals surface area contributed by atoms with E-state index in [0.717, 1.165) is 5.75 Å². The zero-order valence-corrected chi connectivity index (χ0v) is 19.5. The van der Waals surface area contributed by atoms with Gasteiger partial charge in [0, 0.05) is 18.7 Å². The average molecular weight is 492 g/mol. The normalized spacial score (nSPS) is 10.8. The molecule has 4 aromatic rings. The Morgan fingerprint density at radius 2 is 1.89 bits per heavy atom. The van der Waals surface area contributed by atoms with E-state index in [1.165, 1.54) is 33.9 Å². The van der Waals surface area contributed by atoms with Gasteiger partial charge in [-0.05, 0) is 36.8 Å². The molecule has 0 spiro atoms. The fourth-order valence-corrected chi connectivity index (χ4v) is 3.54. The van der Waals surface area contributed by atoms with Crippen molar-refractivity contribution in [1.29, 1.82) is 0 Å². The molecular formula is C24H24N6O6. The lowest BCUT2D eigenvalue weighted by atomic mass is 10.2. The predicted molar refractivity (Wildman–Crippen MR) is 130 cm³/mol. The van der Waals surface area contributed by atoms with E-state index in [-0.39, 0.29) is 36.9 Å². The summed E-state index contributed by atoms with van der Waals surface area (Å²) in [4.78, 5) is 39.8. The monoisotopic (exact) mass is 492 g/mol. The second kappa shape index (κ2) is 11.1. The minimum absolute atomic E-state index is 0.0469. The Kier molecular flexibility index (Phi) is 7.54. The molecule has 0 saturated carbocycles. The predicted octanol–water partition coefficient (Wildman–Crippen LogP) is 2.14. The second-order valence-corrected chi connectivity index (χ2v) is 7.75. The van der Waals surface area contributed by atoms with E-state index < -0.39 is 4.92 Å². The summed E-state index contributed by atoms with van der Waals surface area (Å²) in [5, 5.41) is 18.3. The number of rotatable bonds is 11. The fourth-order valence-electron chi connectivity index (χ4n) is 3.54. The van der Waals surface area contributed by atoms with E-state index >= 15 is 0 Å². The summed E-state index contributed by atoms with van der Waals surface area (Å²) in [5.74, 6) is 0.982. The van der Waals surface area contributed by atoms with E-state index in [2.05, 4.69) is 15.4 Å². The van der Waals surface area contributed by atoms with Crippen molar-refractivity contribution in [2.24, 2.45) is 0 Å². The summed E-state index contributed by atoms with van der Waals surface area (Å²) in [6, 6.07) is 13.1. The third kappa shape index (κ3) is 5.84. The van der Waals surface area contributed by atoms with Gasteiger partial charge in [0.2, 0.25) is 0 Å².